The number of carbonyl (C=O) groups is 1. The summed E-state index contributed by atoms with van der Waals surface area (Å²) in [5, 5.41) is 12.4. The van der Waals surface area contributed by atoms with Gasteiger partial charge in [0.15, 0.2) is 21.4 Å². The van der Waals surface area contributed by atoms with Gasteiger partial charge in [0.2, 0.25) is 5.91 Å². The highest BCUT2D eigenvalue weighted by molar-refractivity contribution is 9.10. The maximum Gasteiger partial charge on any atom is 0.234 e. The van der Waals surface area contributed by atoms with Crippen molar-refractivity contribution in [3.63, 3.8) is 0 Å². The summed E-state index contributed by atoms with van der Waals surface area (Å²) >= 11 is 16.4. The predicted molar refractivity (Wildman–Crippen MR) is 102 cm³/mol. The van der Waals surface area contributed by atoms with Crippen molar-refractivity contribution in [3.8, 4) is 11.6 Å². The Bertz CT molecular complexity index is 928. The zero-order chi connectivity index (χ0) is 18.0. The van der Waals surface area contributed by atoms with Gasteiger partial charge in [-0.15, -0.1) is 10.2 Å². The molecule has 0 atom stereocenters. The fraction of sp³-hybridized carbons (Fsp3) is 0.133. The Labute approximate surface area is 166 Å². The summed E-state index contributed by atoms with van der Waals surface area (Å²) in [7, 11) is 1.81. The van der Waals surface area contributed by atoms with Gasteiger partial charge in [0.1, 0.15) is 0 Å². The second-order valence-electron chi connectivity index (χ2n) is 4.93. The maximum absolute atomic E-state index is 12.1. The van der Waals surface area contributed by atoms with E-state index in [0.717, 1.165) is 0 Å². The van der Waals surface area contributed by atoms with Crippen LogP contribution in [0.1, 0.15) is 0 Å². The lowest BCUT2D eigenvalue weighted by Crippen LogP contribution is -2.14. The molecule has 6 nitrogen and oxygen atoms in total. The number of nitrogens with zero attached hydrogens (tertiary/aromatic N) is 3. The SMILES string of the molecule is Cn1c(SCC(=O)Nc2ccc(Cl)cc2Cl)nnc1-c1ccc(Br)o1. The highest BCUT2D eigenvalue weighted by Crippen LogP contribution is 2.27. The third-order valence-corrected chi connectivity index (χ3v) is 5.16. The highest BCUT2D eigenvalue weighted by atomic mass is 79.9. The van der Waals surface area contributed by atoms with Crippen molar-refractivity contribution in [1.29, 1.82) is 0 Å². The quantitative estimate of drug-likeness (QED) is 0.548. The van der Waals surface area contributed by atoms with E-state index in [1.807, 2.05) is 7.05 Å². The van der Waals surface area contributed by atoms with Crippen molar-refractivity contribution in [2.75, 3.05) is 11.1 Å². The third-order valence-electron chi connectivity index (χ3n) is 3.17. The zero-order valence-electron chi connectivity index (χ0n) is 12.8. The molecule has 1 amide bonds. The van der Waals surface area contributed by atoms with Crippen LogP contribution in [0, 0.1) is 0 Å². The van der Waals surface area contributed by atoms with E-state index >= 15 is 0 Å². The lowest BCUT2D eigenvalue weighted by atomic mass is 10.3. The first kappa shape index (κ1) is 18.3. The summed E-state index contributed by atoms with van der Waals surface area (Å²) in [4.78, 5) is 12.1. The predicted octanol–water partition coefficient (Wildman–Crippen LogP) is 4.88. The normalized spacial score (nSPS) is 10.9. The molecule has 3 rings (SSSR count). The van der Waals surface area contributed by atoms with E-state index in [9.17, 15) is 4.79 Å². The molecule has 10 heteroatoms. The summed E-state index contributed by atoms with van der Waals surface area (Å²) in [6, 6.07) is 8.45. The van der Waals surface area contributed by atoms with Crippen LogP contribution in [0.5, 0.6) is 0 Å². The number of thioether (sulfide) groups is 1. The van der Waals surface area contributed by atoms with Gasteiger partial charge in [0.25, 0.3) is 0 Å². The molecule has 0 aliphatic carbocycles. The molecule has 0 fully saturated rings. The molecule has 0 spiro atoms. The number of rotatable bonds is 5. The first-order chi connectivity index (χ1) is 11.9. The van der Waals surface area contributed by atoms with Crippen LogP contribution in [0.3, 0.4) is 0 Å². The highest BCUT2D eigenvalue weighted by Gasteiger charge is 2.16. The fourth-order valence-electron chi connectivity index (χ4n) is 2.00. The third kappa shape index (κ3) is 4.38. The average molecular weight is 462 g/mol. The summed E-state index contributed by atoms with van der Waals surface area (Å²) in [6.07, 6.45) is 0. The Kier molecular flexibility index (Phi) is 5.73. The van der Waals surface area contributed by atoms with Crippen LogP contribution in [0.2, 0.25) is 10.0 Å². The van der Waals surface area contributed by atoms with Gasteiger partial charge < -0.3 is 14.3 Å². The van der Waals surface area contributed by atoms with Crippen LogP contribution < -0.4 is 5.32 Å². The molecule has 3 aromatic rings. The number of hydrogen-bond acceptors (Lipinski definition) is 5. The molecule has 2 heterocycles. The average Bonchev–Trinajstić information content (AvgIpc) is 3.14. The monoisotopic (exact) mass is 460 g/mol. The fourth-order valence-corrected chi connectivity index (χ4v) is 3.47. The number of hydrogen-bond donors (Lipinski definition) is 1. The Morgan fingerprint density at radius 2 is 2.12 bits per heavy atom. The van der Waals surface area contributed by atoms with E-state index in [2.05, 4.69) is 31.4 Å². The number of amides is 1. The molecule has 1 aromatic carbocycles. The number of halogens is 3. The number of anilines is 1. The molecule has 0 aliphatic heterocycles. The first-order valence-electron chi connectivity index (χ1n) is 6.97. The van der Waals surface area contributed by atoms with Crippen molar-refractivity contribution in [2.24, 2.45) is 7.05 Å². The van der Waals surface area contributed by atoms with Gasteiger partial charge >= 0.3 is 0 Å². The number of nitrogens with one attached hydrogen (secondary N) is 1. The molecular weight excluding hydrogens is 451 g/mol. The summed E-state index contributed by atoms with van der Waals surface area (Å²) in [5.74, 6) is 1.12. The summed E-state index contributed by atoms with van der Waals surface area (Å²) < 4.78 is 7.84. The van der Waals surface area contributed by atoms with E-state index in [1.54, 1.807) is 34.9 Å². The van der Waals surface area contributed by atoms with Crippen molar-refractivity contribution in [3.05, 3.63) is 45.0 Å². The van der Waals surface area contributed by atoms with Crippen molar-refractivity contribution < 1.29 is 9.21 Å². The van der Waals surface area contributed by atoms with Gasteiger partial charge in [-0.05, 0) is 46.3 Å². The Morgan fingerprint density at radius 3 is 2.80 bits per heavy atom. The van der Waals surface area contributed by atoms with Crippen LogP contribution in [-0.2, 0) is 11.8 Å². The number of furan rings is 1. The molecular formula is C15H11BrCl2N4O2S. The molecule has 130 valence electrons. The van der Waals surface area contributed by atoms with Gasteiger partial charge in [-0.1, -0.05) is 35.0 Å². The Balaban J connectivity index is 1.63. The van der Waals surface area contributed by atoms with E-state index in [1.165, 1.54) is 11.8 Å². The van der Waals surface area contributed by atoms with Gasteiger partial charge in [-0.25, -0.2) is 0 Å². The molecule has 0 aliphatic rings. The molecule has 0 radical (unpaired) electrons. The summed E-state index contributed by atoms with van der Waals surface area (Å²) in [5.41, 5.74) is 0.510. The minimum Gasteiger partial charge on any atom is -0.446 e. The minimum absolute atomic E-state index is 0.160. The molecule has 0 saturated heterocycles. The summed E-state index contributed by atoms with van der Waals surface area (Å²) in [6.45, 7) is 0. The first-order valence-corrected chi connectivity index (χ1v) is 9.50. The number of aromatic nitrogens is 3. The van der Waals surface area contributed by atoms with Crippen LogP contribution in [-0.4, -0.2) is 26.4 Å². The molecule has 0 bridgehead atoms. The van der Waals surface area contributed by atoms with E-state index in [4.69, 9.17) is 27.6 Å². The van der Waals surface area contributed by atoms with Gasteiger partial charge in [0.05, 0.1) is 16.5 Å². The van der Waals surface area contributed by atoms with Crippen molar-refractivity contribution in [2.45, 2.75) is 5.16 Å². The minimum atomic E-state index is -0.209. The number of benzene rings is 1. The van der Waals surface area contributed by atoms with E-state index in [-0.39, 0.29) is 11.7 Å². The molecule has 25 heavy (non-hydrogen) atoms. The van der Waals surface area contributed by atoms with Crippen LogP contribution in [0.4, 0.5) is 5.69 Å². The lowest BCUT2D eigenvalue weighted by molar-refractivity contribution is -0.113. The maximum atomic E-state index is 12.1. The Hall–Kier alpha value is -1.48. The van der Waals surface area contributed by atoms with E-state index in [0.29, 0.717) is 37.1 Å². The standard InChI is InChI=1S/C15H11BrCl2N4O2S/c1-22-14(11-4-5-12(16)24-11)20-21-15(22)25-7-13(23)19-10-3-2-8(17)6-9(10)18/h2-6H,7H2,1H3,(H,19,23). The Morgan fingerprint density at radius 1 is 1.32 bits per heavy atom. The van der Waals surface area contributed by atoms with Crippen molar-refractivity contribution >= 4 is 62.5 Å². The lowest BCUT2D eigenvalue weighted by Gasteiger charge is -2.07. The van der Waals surface area contributed by atoms with Gasteiger partial charge in [-0.3, -0.25) is 4.79 Å². The molecule has 0 saturated carbocycles. The van der Waals surface area contributed by atoms with Crippen molar-refractivity contribution in [1.82, 2.24) is 14.8 Å². The van der Waals surface area contributed by atoms with Gasteiger partial charge in [0, 0.05) is 12.1 Å². The number of carbonyl (C=O) groups excluding carboxylic acids is 1. The van der Waals surface area contributed by atoms with Crippen LogP contribution in [0.25, 0.3) is 11.6 Å². The van der Waals surface area contributed by atoms with E-state index < -0.39 is 0 Å². The molecule has 2 aromatic heterocycles. The largest absolute Gasteiger partial charge is 0.446 e. The van der Waals surface area contributed by atoms with Gasteiger partial charge in [-0.2, -0.15) is 0 Å². The second kappa shape index (κ2) is 7.82. The van der Waals surface area contributed by atoms with Crippen LogP contribution in [0.15, 0.2) is 44.6 Å². The zero-order valence-corrected chi connectivity index (χ0v) is 16.7. The molecule has 0 unspecified atom stereocenters. The smallest absolute Gasteiger partial charge is 0.234 e. The molecule has 1 N–H and O–H groups in total. The topological polar surface area (TPSA) is 73.0 Å². The van der Waals surface area contributed by atoms with Crippen LogP contribution >= 0.6 is 50.9 Å². The second-order valence-corrected chi connectivity index (χ2v) is 7.50.